The molecule has 0 fully saturated rings. The second kappa shape index (κ2) is 13.6. The average Bonchev–Trinajstić information content (AvgIpc) is 3.99. The van der Waals surface area contributed by atoms with Crippen molar-refractivity contribution in [1.82, 2.24) is 0 Å². The van der Waals surface area contributed by atoms with Gasteiger partial charge in [-0.05, 0) is 128 Å². The Morgan fingerprint density at radius 2 is 0.716 bits per heavy atom. The van der Waals surface area contributed by atoms with Crippen molar-refractivity contribution < 1.29 is 0 Å². The molecule has 3 heterocycles. The zero-order valence-electron chi connectivity index (χ0n) is 36.6. The Balaban J connectivity index is 0.969. The van der Waals surface area contributed by atoms with Crippen LogP contribution in [0.2, 0.25) is 0 Å². The Labute approximate surface area is 391 Å². The van der Waals surface area contributed by atoms with E-state index in [-0.39, 0.29) is 0 Å². The number of hydrogen-bond acceptors (Lipinski definition) is 1. The number of rotatable bonds is 3. The highest BCUT2D eigenvalue weighted by molar-refractivity contribution is 7.24. The molecule has 15 rings (SSSR count). The molecule has 67 heavy (non-hydrogen) atoms. The minimum Gasteiger partial charge on any atom is -0.309 e. The summed E-state index contributed by atoms with van der Waals surface area (Å²) in [7, 11) is -2.60. The third-order valence-corrected chi connectivity index (χ3v) is 20.7. The Morgan fingerprint density at radius 1 is 0.254 bits per heavy atom. The molecule has 0 N–H and O–H groups in total. The van der Waals surface area contributed by atoms with E-state index in [9.17, 15) is 0 Å². The highest BCUT2D eigenvalue weighted by Gasteiger charge is 2.54. The van der Waals surface area contributed by atoms with Gasteiger partial charge in [-0.2, -0.15) is 0 Å². The minimum absolute atomic E-state index is 0.518. The Hall–Kier alpha value is -8.30. The van der Waals surface area contributed by atoms with Crippen molar-refractivity contribution in [2.45, 2.75) is 5.41 Å². The summed E-state index contributed by atoms with van der Waals surface area (Å²) >= 11 is 0. The molecule has 0 unspecified atom stereocenters. The number of nitrogens with zero attached hydrogens (tertiary/aromatic N) is 1. The third kappa shape index (κ3) is 4.67. The standard InChI is InChI=1S/C65H41NSi/c1-2-18-42(19-3-1)43-35-38-60-57(40-43)65(54-27-11-6-21-47(54)48-22-7-12-28-55(48)65)56-29-13-14-30-59(56)66(60)58-39-37-45(46-20-4-5-23-49(46)58)44-34-36-53-52-26-10-17-33-63(52)67(64(53)41-44)61-31-15-8-24-50(61)51-25-9-16-32-62(51)67/h1-41H. The summed E-state index contributed by atoms with van der Waals surface area (Å²) < 4.78 is 0. The molecule has 0 amide bonds. The van der Waals surface area contributed by atoms with Crippen LogP contribution in [0.4, 0.5) is 17.1 Å². The summed E-state index contributed by atoms with van der Waals surface area (Å²) in [6.07, 6.45) is 0. The van der Waals surface area contributed by atoms with E-state index in [0.717, 1.165) is 0 Å². The van der Waals surface area contributed by atoms with Crippen LogP contribution in [0.5, 0.6) is 0 Å². The van der Waals surface area contributed by atoms with Gasteiger partial charge >= 0.3 is 0 Å². The van der Waals surface area contributed by atoms with Crippen molar-refractivity contribution in [3.63, 3.8) is 0 Å². The molecule has 11 aromatic rings. The highest BCUT2D eigenvalue weighted by Crippen LogP contribution is 2.64. The molecule has 0 radical (unpaired) electrons. The first-order chi connectivity index (χ1) is 33.3. The Morgan fingerprint density at radius 3 is 1.37 bits per heavy atom. The molecule has 2 heteroatoms. The fourth-order valence-electron chi connectivity index (χ4n) is 13.2. The van der Waals surface area contributed by atoms with Crippen LogP contribution in [0.1, 0.15) is 22.3 Å². The van der Waals surface area contributed by atoms with E-state index in [1.165, 1.54) is 126 Å². The van der Waals surface area contributed by atoms with Crippen molar-refractivity contribution in [3.8, 4) is 55.6 Å². The molecule has 3 aliphatic heterocycles. The van der Waals surface area contributed by atoms with Gasteiger partial charge in [-0.1, -0.05) is 224 Å². The van der Waals surface area contributed by atoms with Gasteiger partial charge in [-0.3, -0.25) is 0 Å². The predicted molar refractivity (Wildman–Crippen MR) is 282 cm³/mol. The van der Waals surface area contributed by atoms with Gasteiger partial charge < -0.3 is 4.90 Å². The fourth-order valence-corrected chi connectivity index (χ4v) is 18.8. The lowest BCUT2D eigenvalue weighted by molar-refractivity contribution is 0.753. The van der Waals surface area contributed by atoms with E-state index in [4.69, 9.17) is 0 Å². The van der Waals surface area contributed by atoms with Crippen LogP contribution in [-0.2, 0) is 5.41 Å². The zero-order chi connectivity index (χ0) is 43.8. The van der Waals surface area contributed by atoms with Crippen LogP contribution >= 0.6 is 0 Å². The van der Waals surface area contributed by atoms with Crippen LogP contribution < -0.4 is 25.6 Å². The van der Waals surface area contributed by atoms with Gasteiger partial charge in [0.25, 0.3) is 0 Å². The summed E-state index contributed by atoms with van der Waals surface area (Å²) in [5.74, 6) is 0. The normalized spacial score (nSPS) is 14.5. The van der Waals surface area contributed by atoms with Crippen molar-refractivity contribution in [1.29, 1.82) is 0 Å². The van der Waals surface area contributed by atoms with Gasteiger partial charge in [-0.25, -0.2) is 0 Å². The van der Waals surface area contributed by atoms with Crippen LogP contribution in [0.15, 0.2) is 249 Å². The van der Waals surface area contributed by atoms with Crippen LogP contribution in [0, 0.1) is 0 Å². The van der Waals surface area contributed by atoms with Crippen molar-refractivity contribution >= 4 is 56.7 Å². The lowest BCUT2D eigenvalue weighted by atomic mass is 9.64. The minimum atomic E-state index is -2.60. The number of benzene rings is 11. The molecule has 0 atom stereocenters. The van der Waals surface area contributed by atoms with Crippen LogP contribution in [-0.4, -0.2) is 8.07 Å². The van der Waals surface area contributed by atoms with Gasteiger partial charge in [-0.15, -0.1) is 0 Å². The summed E-state index contributed by atoms with van der Waals surface area (Å²) in [6, 6.07) is 94.5. The maximum Gasteiger partial charge on any atom is 0.182 e. The van der Waals surface area contributed by atoms with Crippen molar-refractivity contribution in [2.75, 3.05) is 4.90 Å². The molecule has 0 saturated carbocycles. The summed E-state index contributed by atoms with van der Waals surface area (Å²) in [4.78, 5) is 2.56. The molecule has 1 nitrogen and oxygen atoms in total. The Kier molecular flexibility index (Phi) is 7.52. The predicted octanol–water partition coefficient (Wildman–Crippen LogP) is 13.7. The van der Waals surface area contributed by atoms with E-state index in [2.05, 4.69) is 254 Å². The second-order valence-electron chi connectivity index (χ2n) is 18.6. The zero-order valence-corrected chi connectivity index (χ0v) is 37.6. The smallest absolute Gasteiger partial charge is 0.182 e. The van der Waals surface area contributed by atoms with E-state index in [0.29, 0.717) is 0 Å². The average molecular weight is 864 g/mol. The topological polar surface area (TPSA) is 3.24 Å². The van der Waals surface area contributed by atoms with E-state index in [1.54, 1.807) is 0 Å². The van der Waals surface area contributed by atoms with Gasteiger partial charge in [0.1, 0.15) is 0 Å². The maximum absolute atomic E-state index is 2.60. The van der Waals surface area contributed by atoms with Gasteiger partial charge in [0, 0.05) is 5.39 Å². The van der Waals surface area contributed by atoms with Gasteiger partial charge in [0.05, 0.1) is 22.5 Å². The van der Waals surface area contributed by atoms with Crippen molar-refractivity contribution in [2.24, 2.45) is 0 Å². The number of para-hydroxylation sites is 1. The number of anilines is 3. The van der Waals surface area contributed by atoms with Crippen molar-refractivity contribution in [3.05, 3.63) is 271 Å². The number of hydrogen-bond donors (Lipinski definition) is 0. The van der Waals surface area contributed by atoms with Crippen LogP contribution in [0.3, 0.4) is 0 Å². The monoisotopic (exact) mass is 863 g/mol. The molecule has 2 spiro atoms. The first-order valence-corrected chi connectivity index (χ1v) is 25.5. The molecular weight excluding hydrogens is 823 g/mol. The highest BCUT2D eigenvalue weighted by atomic mass is 28.3. The number of fused-ring (bicyclic) bond motifs is 20. The second-order valence-corrected chi connectivity index (χ2v) is 22.3. The molecule has 310 valence electrons. The summed E-state index contributed by atoms with van der Waals surface area (Å²) in [5.41, 5.74) is 21.4. The SMILES string of the molecule is c1ccc(-c2ccc3c(c2)C2(c4ccccc4-c4ccccc42)c2ccccc2N3c2ccc(-c3ccc4c(c3)[Si]3(c5ccccc5-c5ccccc53)c3ccccc3-4)c3ccccc23)cc1. The lowest BCUT2D eigenvalue weighted by Crippen LogP contribution is -2.70. The van der Waals surface area contributed by atoms with Gasteiger partial charge in [0.2, 0.25) is 0 Å². The first kappa shape index (κ1) is 37.0. The fraction of sp³-hybridized carbons (Fsp3) is 0.0154. The maximum atomic E-state index is 2.58. The molecule has 1 aliphatic carbocycles. The largest absolute Gasteiger partial charge is 0.309 e. The van der Waals surface area contributed by atoms with E-state index >= 15 is 0 Å². The summed E-state index contributed by atoms with van der Waals surface area (Å²) in [5, 5.41) is 8.47. The van der Waals surface area contributed by atoms with E-state index < -0.39 is 13.5 Å². The third-order valence-electron chi connectivity index (χ3n) is 15.7. The molecule has 11 aromatic carbocycles. The molecule has 4 aliphatic rings. The van der Waals surface area contributed by atoms with E-state index in [1.807, 2.05) is 0 Å². The molecular formula is C65H41NSi. The van der Waals surface area contributed by atoms with Gasteiger partial charge in [0.15, 0.2) is 8.07 Å². The first-order valence-electron chi connectivity index (χ1n) is 23.5. The lowest BCUT2D eigenvalue weighted by Gasteiger charge is -2.45. The molecule has 0 saturated heterocycles. The molecule has 0 bridgehead atoms. The molecule has 0 aromatic heterocycles. The van der Waals surface area contributed by atoms with Crippen LogP contribution in [0.25, 0.3) is 66.4 Å². The summed E-state index contributed by atoms with van der Waals surface area (Å²) in [6.45, 7) is 0. The quantitative estimate of drug-likeness (QED) is 0.160. The Bertz CT molecular complexity index is 3790.